The minimum atomic E-state index is -1.12. The quantitative estimate of drug-likeness (QED) is 0.545. The van der Waals surface area contributed by atoms with Crippen LogP contribution in [0.2, 0.25) is 5.02 Å². The molecule has 9 nitrogen and oxygen atoms in total. The van der Waals surface area contributed by atoms with E-state index < -0.39 is 23.3 Å². The average molecular weight is 544 g/mol. The number of rotatable bonds is 7. The standard InChI is InChI=1S/C28H34ClN3O6/c1-17-15-38-30-21(17)16-37-23-9-8-20(29)18-10-13-32(22(25(18)23)14-31-12-5-7-24(31)33)26(34)19-6-3-4-11-28(19,2)27(35)36/h8-9,15,19,22H,3-7,10-14,16H2,1-2H3,(H,35,36)/t19?,22-,28-/m1/s1. The van der Waals surface area contributed by atoms with Crippen molar-refractivity contribution in [2.75, 3.05) is 19.6 Å². The highest BCUT2D eigenvalue weighted by molar-refractivity contribution is 6.31. The molecule has 5 rings (SSSR count). The molecule has 3 heterocycles. The van der Waals surface area contributed by atoms with E-state index in [0.717, 1.165) is 36.0 Å². The minimum absolute atomic E-state index is 0.0558. The molecule has 2 amide bonds. The molecule has 3 atom stereocenters. The largest absolute Gasteiger partial charge is 0.487 e. The average Bonchev–Trinajstić information content (AvgIpc) is 3.50. The van der Waals surface area contributed by atoms with E-state index in [1.54, 1.807) is 35.1 Å². The highest BCUT2D eigenvalue weighted by Crippen LogP contribution is 2.46. The van der Waals surface area contributed by atoms with Crippen molar-refractivity contribution in [3.63, 3.8) is 0 Å². The molecule has 1 aromatic carbocycles. The molecule has 1 saturated carbocycles. The number of aryl methyl sites for hydroxylation is 1. The van der Waals surface area contributed by atoms with Gasteiger partial charge in [-0.3, -0.25) is 14.4 Å². The summed E-state index contributed by atoms with van der Waals surface area (Å²) in [4.78, 5) is 42.8. The molecule has 0 bridgehead atoms. The summed E-state index contributed by atoms with van der Waals surface area (Å²) in [5.41, 5.74) is 2.09. The van der Waals surface area contributed by atoms with Crippen LogP contribution in [0.5, 0.6) is 5.75 Å². The summed E-state index contributed by atoms with van der Waals surface area (Å²) in [6.07, 6.45) is 5.93. The van der Waals surface area contributed by atoms with Gasteiger partial charge in [0, 0.05) is 42.2 Å². The third-order valence-electron chi connectivity index (χ3n) is 8.63. The van der Waals surface area contributed by atoms with E-state index in [-0.39, 0.29) is 18.4 Å². The topological polar surface area (TPSA) is 113 Å². The Labute approximate surface area is 227 Å². The van der Waals surface area contributed by atoms with Crippen LogP contribution >= 0.6 is 11.6 Å². The van der Waals surface area contributed by atoms with E-state index in [1.165, 1.54) is 0 Å². The molecule has 1 saturated heterocycles. The van der Waals surface area contributed by atoms with Crippen molar-refractivity contribution in [1.29, 1.82) is 0 Å². The summed E-state index contributed by atoms with van der Waals surface area (Å²) in [6, 6.07) is 3.09. The van der Waals surface area contributed by atoms with Crippen molar-refractivity contribution >= 4 is 29.4 Å². The van der Waals surface area contributed by atoms with E-state index in [1.807, 2.05) is 6.92 Å². The Morgan fingerprint density at radius 3 is 2.74 bits per heavy atom. The van der Waals surface area contributed by atoms with Crippen molar-refractivity contribution in [3.8, 4) is 5.75 Å². The normalized spacial score (nSPS) is 25.4. The van der Waals surface area contributed by atoms with Crippen LogP contribution < -0.4 is 4.74 Å². The van der Waals surface area contributed by atoms with Gasteiger partial charge in [0.15, 0.2) is 0 Å². The van der Waals surface area contributed by atoms with Crippen molar-refractivity contribution in [2.24, 2.45) is 11.3 Å². The molecule has 3 aliphatic rings. The Bertz CT molecular complexity index is 1250. The van der Waals surface area contributed by atoms with E-state index >= 15 is 0 Å². The van der Waals surface area contributed by atoms with Crippen LogP contribution in [0.1, 0.15) is 73.9 Å². The van der Waals surface area contributed by atoms with Gasteiger partial charge in [0.2, 0.25) is 11.8 Å². The summed E-state index contributed by atoms with van der Waals surface area (Å²) >= 11 is 6.67. The van der Waals surface area contributed by atoms with E-state index in [2.05, 4.69) is 5.16 Å². The molecule has 38 heavy (non-hydrogen) atoms. The minimum Gasteiger partial charge on any atom is -0.487 e. The monoisotopic (exact) mass is 543 g/mol. The predicted octanol–water partition coefficient (Wildman–Crippen LogP) is 4.54. The molecule has 0 spiro atoms. The number of carbonyl (C=O) groups excluding carboxylic acids is 2. The van der Waals surface area contributed by atoms with Crippen LogP contribution in [0.15, 0.2) is 22.9 Å². The third-order valence-corrected chi connectivity index (χ3v) is 8.98. The van der Waals surface area contributed by atoms with Gasteiger partial charge in [0.05, 0.1) is 17.4 Å². The molecule has 2 aromatic rings. The first-order valence-corrected chi connectivity index (χ1v) is 13.7. The van der Waals surface area contributed by atoms with Gasteiger partial charge in [-0.25, -0.2) is 0 Å². The zero-order chi connectivity index (χ0) is 27.0. The number of benzene rings is 1. The van der Waals surface area contributed by atoms with Gasteiger partial charge in [-0.2, -0.15) is 0 Å². The molecule has 2 aliphatic heterocycles. The van der Waals surface area contributed by atoms with Crippen molar-refractivity contribution < 1.29 is 28.8 Å². The fourth-order valence-corrected chi connectivity index (χ4v) is 6.51. The summed E-state index contributed by atoms with van der Waals surface area (Å²) in [7, 11) is 0. The van der Waals surface area contributed by atoms with E-state index in [9.17, 15) is 19.5 Å². The highest BCUT2D eigenvalue weighted by Gasteiger charge is 2.50. The van der Waals surface area contributed by atoms with Gasteiger partial charge in [0.1, 0.15) is 24.3 Å². The van der Waals surface area contributed by atoms with Crippen LogP contribution in [-0.4, -0.2) is 57.5 Å². The van der Waals surface area contributed by atoms with Gasteiger partial charge in [0.25, 0.3) is 0 Å². The molecule has 1 aliphatic carbocycles. The first kappa shape index (κ1) is 26.5. The number of hydrogen-bond acceptors (Lipinski definition) is 6. The fraction of sp³-hybridized carbons (Fsp3) is 0.571. The predicted molar refractivity (Wildman–Crippen MR) is 139 cm³/mol. The number of hydrogen-bond donors (Lipinski definition) is 1. The van der Waals surface area contributed by atoms with Gasteiger partial charge in [-0.1, -0.05) is 29.6 Å². The Balaban J connectivity index is 1.54. The van der Waals surface area contributed by atoms with Crippen LogP contribution in [0.4, 0.5) is 0 Å². The highest BCUT2D eigenvalue weighted by atomic mass is 35.5. The number of nitrogens with zero attached hydrogens (tertiary/aromatic N) is 3. The van der Waals surface area contributed by atoms with Crippen molar-refractivity contribution in [2.45, 2.75) is 71.4 Å². The number of aromatic nitrogens is 1. The summed E-state index contributed by atoms with van der Waals surface area (Å²) in [5.74, 6) is -1.11. The Kier molecular flexibility index (Phi) is 7.40. The zero-order valence-corrected chi connectivity index (χ0v) is 22.6. The van der Waals surface area contributed by atoms with Crippen LogP contribution in [0.25, 0.3) is 0 Å². The lowest BCUT2D eigenvalue weighted by Gasteiger charge is -2.45. The number of fused-ring (bicyclic) bond motifs is 1. The van der Waals surface area contributed by atoms with Gasteiger partial charge < -0.3 is 24.2 Å². The second-order valence-electron chi connectivity index (χ2n) is 10.9. The summed E-state index contributed by atoms with van der Waals surface area (Å²) in [6.45, 7) is 5.10. The SMILES string of the molecule is Cc1conc1COc1ccc(Cl)c2c1[C@@H](CN1CCCC1=O)N(C(=O)C1CCCC[C@@]1(C)C(=O)O)CC2. The molecule has 204 valence electrons. The number of halogens is 1. The fourth-order valence-electron chi connectivity index (χ4n) is 6.25. The number of aliphatic carboxylic acids is 1. The smallest absolute Gasteiger partial charge is 0.310 e. The van der Waals surface area contributed by atoms with Crippen LogP contribution in [0.3, 0.4) is 0 Å². The Hall–Kier alpha value is -3.07. The number of carbonyl (C=O) groups is 3. The number of carboxylic acid groups (broad SMARTS) is 1. The number of carboxylic acids is 1. The molecule has 1 unspecified atom stereocenters. The van der Waals surface area contributed by atoms with Crippen LogP contribution in [-0.2, 0) is 27.4 Å². The number of amides is 2. The Morgan fingerprint density at radius 1 is 1.24 bits per heavy atom. The van der Waals surface area contributed by atoms with Crippen LogP contribution in [0, 0.1) is 18.3 Å². The second-order valence-corrected chi connectivity index (χ2v) is 11.3. The summed E-state index contributed by atoms with van der Waals surface area (Å²) in [5, 5.41) is 14.7. The van der Waals surface area contributed by atoms with Crippen molar-refractivity contribution in [1.82, 2.24) is 15.0 Å². The lowest BCUT2D eigenvalue weighted by atomic mass is 9.66. The van der Waals surface area contributed by atoms with Gasteiger partial charge >= 0.3 is 5.97 Å². The molecule has 10 heteroatoms. The van der Waals surface area contributed by atoms with Crippen molar-refractivity contribution in [3.05, 3.63) is 45.8 Å². The molecular weight excluding hydrogens is 510 g/mol. The molecule has 0 radical (unpaired) electrons. The molecular formula is C28H34ClN3O6. The number of ether oxygens (including phenoxy) is 1. The maximum atomic E-state index is 14.2. The maximum Gasteiger partial charge on any atom is 0.310 e. The number of likely N-dealkylation sites (tertiary alicyclic amines) is 1. The van der Waals surface area contributed by atoms with Gasteiger partial charge in [-0.05, 0) is 57.2 Å². The van der Waals surface area contributed by atoms with E-state index in [4.69, 9.17) is 20.9 Å². The Morgan fingerprint density at radius 2 is 2.05 bits per heavy atom. The zero-order valence-electron chi connectivity index (χ0n) is 21.9. The van der Waals surface area contributed by atoms with E-state index in [0.29, 0.717) is 61.8 Å². The lowest BCUT2D eigenvalue weighted by Crippen LogP contribution is -2.52. The summed E-state index contributed by atoms with van der Waals surface area (Å²) < 4.78 is 11.3. The van der Waals surface area contributed by atoms with Gasteiger partial charge in [-0.15, -0.1) is 0 Å². The second kappa shape index (κ2) is 10.6. The first-order valence-electron chi connectivity index (χ1n) is 13.4. The third kappa shape index (κ3) is 4.77. The maximum absolute atomic E-state index is 14.2. The molecule has 1 aromatic heterocycles. The molecule has 1 N–H and O–H groups in total. The first-order chi connectivity index (χ1) is 18.2. The molecule has 2 fully saturated rings. The lowest BCUT2D eigenvalue weighted by molar-refractivity contribution is -0.162.